The smallest absolute Gasteiger partial charge is 0.242 e. The average Bonchev–Trinajstić information content (AvgIpc) is 3.06. The van der Waals surface area contributed by atoms with E-state index in [4.69, 9.17) is 4.74 Å². The first kappa shape index (κ1) is 22.5. The molecule has 2 N–H and O–H groups in total. The third-order valence-electron chi connectivity index (χ3n) is 5.68. The van der Waals surface area contributed by atoms with E-state index >= 15 is 0 Å². The van der Waals surface area contributed by atoms with Gasteiger partial charge < -0.3 is 20.1 Å². The molecule has 2 heterocycles. The second-order valence-corrected chi connectivity index (χ2v) is 9.27. The number of rotatable bonds is 6. The Morgan fingerprint density at radius 3 is 2.87 bits per heavy atom. The number of ether oxygens (including phenoxy) is 1. The summed E-state index contributed by atoms with van der Waals surface area (Å²) in [6.07, 6.45) is 7.99. The van der Waals surface area contributed by atoms with Gasteiger partial charge in [0.05, 0.1) is 13.2 Å². The van der Waals surface area contributed by atoms with Crippen LogP contribution in [0, 0.1) is 0 Å². The normalized spacial score (nSPS) is 26.0. The number of nitrogens with zero attached hydrogens (tertiary/aromatic N) is 3. The van der Waals surface area contributed by atoms with E-state index in [1.807, 2.05) is 26.0 Å². The molecular formula is C22H32N4O3S. The molecule has 0 saturated carbocycles. The molecule has 164 valence electrons. The molecule has 2 atom stereocenters. The summed E-state index contributed by atoms with van der Waals surface area (Å²) in [6.45, 7) is 14.1. The number of aliphatic hydroxyl groups excluding tert-OH is 1. The molecule has 0 radical (unpaired) electrons. The summed E-state index contributed by atoms with van der Waals surface area (Å²) < 4.78 is 4.96. The van der Waals surface area contributed by atoms with Gasteiger partial charge in [-0.05, 0) is 38.6 Å². The van der Waals surface area contributed by atoms with Gasteiger partial charge in [0.15, 0.2) is 10.9 Å². The van der Waals surface area contributed by atoms with Crippen molar-refractivity contribution >= 4 is 22.8 Å². The number of allylic oxidation sites excluding steroid dienone is 2. The van der Waals surface area contributed by atoms with Gasteiger partial charge in [-0.2, -0.15) is 0 Å². The highest BCUT2D eigenvalue weighted by atomic mass is 32.2. The first-order valence-electron chi connectivity index (χ1n) is 10.5. The van der Waals surface area contributed by atoms with Crippen molar-refractivity contribution < 1.29 is 14.6 Å². The molecule has 3 rings (SSSR count). The molecule has 1 unspecified atom stereocenters. The quantitative estimate of drug-likeness (QED) is 0.672. The van der Waals surface area contributed by atoms with Crippen LogP contribution < -0.4 is 5.32 Å². The standard InChI is InChI=1S/C22H32N4O3S/c1-5-23-20(28)22(4)15-24-21(30-22)26-12-10-25(11-13-26)16(3)17-8-7-9-19(29-6-2)18(27)14-17/h5,7-8,14,16,27H,1,6,9-13,15H2,2-4H3,(H,23,28)/t16-,22?/m0/s1. The Morgan fingerprint density at radius 2 is 2.20 bits per heavy atom. The summed E-state index contributed by atoms with van der Waals surface area (Å²) in [5.74, 6) is 0.789. The number of carbonyl (C=O) groups is 1. The maximum Gasteiger partial charge on any atom is 0.242 e. The van der Waals surface area contributed by atoms with Crippen LogP contribution in [0.1, 0.15) is 27.2 Å². The van der Waals surface area contributed by atoms with Crippen LogP contribution in [0.4, 0.5) is 0 Å². The monoisotopic (exact) mass is 432 g/mol. The number of amides is 1. The fourth-order valence-electron chi connectivity index (χ4n) is 3.78. The number of amidine groups is 1. The van der Waals surface area contributed by atoms with Gasteiger partial charge in [0.2, 0.25) is 5.91 Å². The van der Waals surface area contributed by atoms with E-state index in [0.29, 0.717) is 25.3 Å². The highest BCUT2D eigenvalue weighted by Crippen LogP contribution is 2.35. The molecule has 0 aromatic heterocycles. The van der Waals surface area contributed by atoms with E-state index in [2.05, 4.69) is 39.7 Å². The Labute approximate surface area is 183 Å². The maximum absolute atomic E-state index is 12.3. The van der Waals surface area contributed by atoms with Crippen molar-refractivity contribution in [2.45, 2.75) is 38.0 Å². The van der Waals surface area contributed by atoms with E-state index in [1.165, 1.54) is 18.0 Å². The molecule has 0 aromatic rings. The third kappa shape index (κ3) is 4.92. The van der Waals surface area contributed by atoms with Crippen LogP contribution in [-0.4, -0.2) is 76.1 Å². The van der Waals surface area contributed by atoms with Gasteiger partial charge in [-0.1, -0.05) is 30.5 Å². The zero-order valence-corrected chi connectivity index (χ0v) is 18.9. The van der Waals surface area contributed by atoms with Crippen molar-refractivity contribution in [3.8, 4) is 0 Å². The number of nitrogens with one attached hydrogen (secondary N) is 1. The summed E-state index contributed by atoms with van der Waals surface area (Å²) in [6, 6.07) is 0.188. The Balaban J connectivity index is 1.58. The van der Waals surface area contributed by atoms with Crippen LogP contribution in [0.25, 0.3) is 0 Å². The molecule has 8 heteroatoms. The number of thioether (sulfide) groups is 1. The van der Waals surface area contributed by atoms with E-state index < -0.39 is 4.75 Å². The fraction of sp³-hybridized carbons (Fsp3) is 0.545. The largest absolute Gasteiger partial charge is 0.504 e. The van der Waals surface area contributed by atoms with Gasteiger partial charge in [0.1, 0.15) is 10.5 Å². The van der Waals surface area contributed by atoms with Gasteiger partial charge in [-0.25, -0.2) is 0 Å². The number of piperazine rings is 1. The summed E-state index contributed by atoms with van der Waals surface area (Å²) in [4.78, 5) is 21.6. The minimum Gasteiger partial charge on any atom is -0.504 e. The molecule has 1 amide bonds. The van der Waals surface area contributed by atoms with Gasteiger partial charge in [0, 0.05) is 38.6 Å². The molecule has 30 heavy (non-hydrogen) atoms. The van der Waals surface area contributed by atoms with E-state index in [1.54, 1.807) is 0 Å². The molecule has 3 aliphatic rings. The minimum atomic E-state index is -0.577. The molecule has 1 aliphatic carbocycles. The number of hydrogen-bond acceptors (Lipinski definition) is 7. The lowest BCUT2D eigenvalue weighted by molar-refractivity contribution is -0.121. The van der Waals surface area contributed by atoms with Crippen LogP contribution in [0.15, 0.2) is 53.1 Å². The van der Waals surface area contributed by atoms with Crippen molar-refractivity contribution in [2.75, 3.05) is 39.3 Å². The van der Waals surface area contributed by atoms with Crippen molar-refractivity contribution in [1.29, 1.82) is 0 Å². The van der Waals surface area contributed by atoms with Crippen molar-refractivity contribution in [1.82, 2.24) is 15.1 Å². The zero-order valence-electron chi connectivity index (χ0n) is 18.1. The number of hydrogen-bond donors (Lipinski definition) is 2. The second-order valence-electron chi connectivity index (χ2n) is 7.80. The van der Waals surface area contributed by atoms with E-state index in [9.17, 15) is 9.90 Å². The predicted molar refractivity (Wildman–Crippen MR) is 122 cm³/mol. The lowest BCUT2D eigenvalue weighted by atomic mass is 10.1. The maximum atomic E-state index is 12.3. The molecular weight excluding hydrogens is 400 g/mol. The fourth-order valence-corrected chi connectivity index (χ4v) is 4.91. The molecule has 0 bridgehead atoms. The van der Waals surface area contributed by atoms with E-state index in [0.717, 1.165) is 36.9 Å². The van der Waals surface area contributed by atoms with Crippen LogP contribution in [0.3, 0.4) is 0 Å². The molecule has 1 fully saturated rings. The lowest BCUT2D eigenvalue weighted by Crippen LogP contribution is -2.51. The van der Waals surface area contributed by atoms with Gasteiger partial charge in [0.25, 0.3) is 0 Å². The SMILES string of the molecule is C=CNC(=O)C1(C)CN=C(N2CCN([C@@H](C)C3=CC(O)=C(OCC)CC=C3)CC2)S1. The Kier molecular flexibility index (Phi) is 7.31. The van der Waals surface area contributed by atoms with E-state index in [-0.39, 0.29) is 17.7 Å². The summed E-state index contributed by atoms with van der Waals surface area (Å²) in [5, 5.41) is 14.0. The molecule has 0 spiro atoms. The van der Waals surface area contributed by atoms with Crippen molar-refractivity contribution in [3.05, 3.63) is 48.1 Å². The first-order valence-corrected chi connectivity index (χ1v) is 11.3. The summed E-state index contributed by atoms with van der Waals surface area (Å²) in [5.41, 5.74) is 1.08. The molecule has 7 nitrogen and oxygen atoms in total. The number of aliphatic hydroxyl groups is 1. The lowest BCUT2D eigenvalue weighted by Gasteiger charge is -2.39. The number of aliphatic imine (C=N–C) groups is 1. The molecule has 1 saturated heterocycles. The highest BCUT2D eigenvalue weighted by molar-refractivity contribution is 8.15. The van der Waals surface area contributed by atoms with Crippen LogP contribution >= 0.6 is 11.8 Å². The van der Waals surface area contributed by atoms with Crippen LogP contribution in [0.5, 0.6) is 0 Å². The van der Waals surface area contributed by atoms with Crippen LogP contribution in [-0.2, 0) is 9.53 Å². The van der Waals surface area contributed by atoms with Crippen LogP contribution in [0.2, 0.25) is 0 Å². The minimum absolute atomic E-state index is 0.0557. The second kappa shape index (κ2) is 9.75. The summed E-state index contributed by atoms with van der Waals surface area (Å²) in [7, 11) is 0. The molecule has 0 aromatic carbocycles. The number of carbonyl (C=O) groups excluding carboxylic acids is 1. The molecule has 2 aliphatic heterocycles. The zero-order chi connectivity index (χ0) is 21.7. The third-order valence-corrected chi connectivity index (χ3v) is 7.02. The first-order chi connectivity index (χ1) is 14.4. The van der Waals surface area contributed by atoms with Gasteiger partial charge in [-0.15, -0.1) is 0 Å². The average molecular weight is 433 g/mol. The Bertz CT molecular complexity index is 796. The highest BCUT2D eigenvalue weighted by Gasteiger charge is 2.41. The van der Waals surface area contributed by atoms with Crippen molar-refractivity contribution in [3.63, 3.8) is 0 Å². The van der Waals surface area contributed by atoms with Gasteiger partial charge in [-0.3, -0.25) is 14.7 Å². The van der Waals surface area contributed by atoms with Gasteiger partial charge >= 0.3 is 0 Å². The topological polar surface area (TPSA) is 77.4 Å². The summed E-state index contributed by atoms with van der Waals surface area (Å²) >= 11 is 1.54. The Morgan fingerprint density at radius 1 is 1.47 bits per heavy atom. The van der Waals surface area contributed by atoms with Crippen molar-refractivity contribution in [2.24, 2.45) is 4.99 Å². The predicted octanol–water partition coefficient (Wildman–Crippen LogP) is 2.81. The Hall–Kier alpha value is -2.19.